The highest BCUT2D eigenvalue weighted by Crippen LogP contribution is 2.18. The first-order chi connectivity index (χ1) is 12.1. The predicted octanol–water partition coefficient (Wildman–Crippen LogP) is 2.46. The van der Waals surface area contributed by atoms with E-state index in [9.17, 15) is 9.59 Å². The molecule has 25 heavy (non-hydrogen) atoms. The number of ether oxygens (including phenoxy) is 2. The van der Waals surface area contributed by atoms with Gasteiger partial charge in [0.05, 0.1) is 0 Å². The molecule has 0 aromatic rings. The summed E-state index contributed by atoms with van der Waals surface area (Å²) in [5, 5.41) is 0. The van der Waals surface area contributed by atoms with E-state index in [0.29, 0.717) is 39.3 Å². The smallest absolute Gasteiger partial charge is 0.222 e. The minimum Gasteiger partial charge on any atom is -0.382 e. The first kappa shape index (κ1) is 21.9. The Morgan fingerprint density at radius 2 is 1.64 bits per heavy atom. The molecule has 1 heterocycles. The van der Waals surface area contributed by atoms with Crippen LogP contribution in [0.1, 0.15) is 58.8 Å². The van der Waals surface area contributed by atoms with Crippen molar-refractivity contribution in [2.24, 2.45) is 0 Å². The van der Waals surface area contributed by atoms with E-state index in [2.05, 4.69) is 0 Å². The van der Waals surface area contributed by atoms with Gasteiger partial charge in [-0.05, 0) is 46.0 Å². The fourth-order valence-corrected chi connectivity index (χ4v) is 3.19. The molecule has 1 fully saturated rings. The Morgan fingerprint density at radius 3 is 2.28 bits per heavy atom. The molecule has 6 heteroatoms. The summed E-state index contributed by atoms with van der Waals surface area (Å²) in [5.74, 6) is 0.396. The summed E-state index contributed by atoms with van der Waals surface area (Å²) in [6.07, 6.45) is 5.43. The second-order valence-corrected chi connectivity index (χ2v) is 6.57. The number of nitrogens with zero attached hydrogens (tertiary/aromatic N) is 2. The van der Waals surface area contributed by atoms with E-state index in [1.807, 2.05) is 30.7 Å². The van der Waals surface area contributed by atoms with Crippen molar-refractivity contribution in [2.45, 2.75) is 64.8 Å². The van der Waals surface area contributed by atoms with E-state index in [1.165, 1.54) is 0 Å². The fraction of sp³-hybridized carbons (Fsp3) is 0.895. The SMILES string of the molecule is CCOCCCC(=O)N1CCC[C@H](N(C)C(=O)CCCOCC)CC1. The molecule has 1 aliphatic rings. The molecular formula is C19H36N2O4. The normalized spacial score (nSPS) is 18.0. The van der Waals surface area contributed by atoms with Crippen molar-refractivity contribution in [3.05, 3.63) is 0 Å². The van der Waals surface area contributed by atoms with Crippen LogP contribution >= 0.6 is 0 Å². The highest BCUT2D eigenvalue weighted by atomic mass is 16.5. The molecule has 2 amide bonds. The Kier molecular flexibility index (Phi) is 11.5. The summed E-state index contributed by atoms with van der Waals surface area (Å²) >= 11 is 0. The summed E-state index contributed by atoms with van der Waals surface area (Å²) in [4.78, 5) is 28.5. The largest absolute Gasteiger partial charge is 0.382 e. The molecule has 1 aliphatic heterocycles. The Labute approximate surface area is 152 Å². The highest BCUT2D eigenvalue weighted by molar-refractivity contribution is 5.77. The van der Waals surface area contributed by atoms with Crippen molar-refractivity contribution in [1.29, 1.82) is 0 Å². The van der Waals surface area contributed by atoms with Crippen molar-refractivity contribution >= 4 is 11.8 Å². The van der Waals surface area contributed by atoms with Crippen LogP contribution < -0.4 is 0 Å². The van der Waals surface area contributed by atoms with Crippen LogP contribution in [0.3, 0.4) is 0 Å². The van der Waals surface area contributed by atoms with Gasteiger partial charge in [-0.15, -0.1) is 0 Å². The van der Waals surface area contributed by atoms with Crippen LogP contribution in [0.4, 0.5) is 0 Å². The second-order valence-electron chi connectivity index (χ2n) is 6.57. The molecule has 0 aliphatic carbocycles. The third kappa shape index (κ3) is 8.68. The molecule has 146 valence electrons. The quantitative estimate of drug-likeness (QED) is 0.534. The topological polar surface area (TPSA) is 59.1 Å². The summed E-state index contributed by atoms with van der Waals surface area (Å²) < 4.78 is 10.6. The lowest BCUT2D eigenvalue weighted by Gasteiger charge is -2.27. The van der Waals surface area contributed by atoms with Gasteiger partial charge in [-0.25, -0.2) is 0 Å². The second kappa shape index (κ2) is 13.1. The van der Waals surface area contributed by atoms with Crippen LogP contribution in [-0.4, -0.2) is 74.2 Å². The summed E-state index contributed by atoms with van der Waals surface area (Å²) in [7, 11) is 1.90. The zero-order chi connectivity index (χ0) is 18.5. The van der Waals surface area contributed by atoms with Crippen LogP contribution in [0, 0.1) is 0 Å². The van der Waals surface area contributed by atoms with Crippen molar-refractivity contribution < 1.29 is 19.1 Å². The zero-order valence-electron chi connectivity index (χ0n) is 16.3. The number of likely N-dealkylation sites (tertiary alicyclic amines) is 1. The van der Waals surface area contributed by atoms with E-state index >= 15 is 0 Å². The van der Waals surface area contributed by atoms with Gasteiger partial charge in [0, 0.05) is 65.4 Å². The molecule has 1 rings (SSSR count). The molecule has 6 nitrogen and oxygen atoms in total. The van der Waals surface area contributed by atoms with Gasteiger partial charge in [0.1, 0.15) is 0 Å². The number of carbonyl (C=O) groups is 2. The molecular weight excluding hydrogens is 320 g/mol. The van der Waals surface area contributed by atoms with Gasteiger partial charge in [-0.3, -0.25) is 9.59 Å². The molecule has 1 atom stereocenters. The molecule has 0 aromatic heterocycles. The van der Waals surface area contributed by atoms with Gasteiger partial charge in [0.25, 0.3) is 0 Å². The van der Waals surface area contributed by atoms with Crippen LogP contribution in [0.5, 0.6) is 0 Å². The molecule has 1 saturated heterocycles. The van der Waals surface area contributed by atoms with Crippen LogP contribution in [-0.2, 0) is 19.1 Å². The average molecular weight is 357 g/mol. The maximum absolute atomic E-state index is 12.3. The lowest BCUT2D eigenvalue weighted by Crippen LogP contribution is -2.38. The lowest BCUT2D eigenvalue weighted by molar-refractivity contribution is -0.132. The van der Waals surface area contributed by atoms with E-state index in [0.717, 1.165) is 45.2 Å². The third-order valence-corrected chi connectivity index (χ3v) is 4.76. The number of hydrogen-bond donors (Lipinski definition) is 0. The first-order valence-electron chi connectivity index (χ1n) is 9.79. The summed E-state index contributed by atoms with van der Waals surface area (Å²) in [6, 6.07) is 0.237. The standard InChI is InChI=1S/C19H36N2O4/c1-4-24-15-7-10-18(22)20(3)17-9-6-13-21(14-12-17)19(23)11-8-16-25-5-2/h17H,4-16H2,1-3H3/t17-/m0/s1. The Hall–Kier alpha value is -1.14. The average Bonchev–Trinajstić information content (AvgIpc) is 2.87. The van der Waals surface area contributed by atoms with Crippen LogP contribution in [0.2, 0.25) is 0 Å². The molecule has 0 saturated carbocycles. The van der Waals surface area contributed by atoms with Crippen LogP contribution in [0.15, 0.2) is 0 Å². The lowest BCUT2D eigenvalue weighted by atomic mass is 10.1. The summed E-state index contributed by atoms with van der Waals surface area (Å²) in [5.41, 5.74) is 0. The Morgan fingerprint density at radius 1 is 1.00 bits per heavy atom. The van der Waals surface area contributed by atoms with Crippen LogP contribution in [0.25, 0.3) is 0 Å². The Bertz CT molecular complexity index is 390. The van der Waals surface area contributed by atoms with Gasteiger partial charge in [-0.1, -0.05) is 0 Å². The predicted molar refractivity (Wildman–Crippen MR) is 98.4 cm³/mol. The number of amides is 2. The van der Waals surface area contributed by atoms with Crippen molar-refractivity contribution in [1.82, 2.24) is 9.80 Å². The van der Waals surface area contributed by atoms with E-state index in [-0.39, 0.29) is 17.9 Å². The van der Waals surface area contributed by atoms with Gasteiger partial charge in [-0.2, -0.15) is 0 Å². The molecule has 0 aromatic carbocycles. The van der Waals surface area contributed by atoms with E-state index in [1.54, 1.807) is 0 Å². The van der Waals surface area contributed by atoms with Crippen molar-refractivity contribution in [3.63, 3.8) is 0 Å². The maximum atomic E-state index is 12.3. The molecule has 0 spiro atoms. The number of carbonyl (C=O) groups excluding carboxylic acids is 2. The Balaban J connectivity index is 2.33. The molecule has 0 bridgehead atoms. The fourth-order valence-electron chi connectivity index (χ4n) is 3.19. The van der Waals surface area contributed by atoms with Gasteiger partial charge < -0.3 is 19.3 Å². The van der Waals surface area contributed by atoms with Gasteiger partial charge in [0.15, 0.2) is 0 Å². The first-order valence-corrected chi connectivity index (χ1v) is 9.79. The highest BCUT2D eigenvalue weighted by Gasteiger charge is 2.25. The summed E-state index contributed by atoms with van der Waals surface area (Å²) in [6.45, 7) is 8.16. The van der Waals surface area contributed by atoms with Gasteiger partial charge in [0.2, 0.25) is 11.8 Å². The minimum atomic E-state index is 0.182. The van der Waals surface area contributed by atoms with Crippen molar-refractivity contribution in [2.75, 3.05) is 46.6 Å². The number of hydrogen-bond acceptors (Lipinski definition) is 4. The maximum Gasteiger partial charge on any atom is 0.222 e. The number of rotatable bonds is 11. The third-order valence-electron chi connectivity index (χ3n) is 4.76. The van der Waals surface area contributed by atoms with E-state index in [4.69, 9.17) is 9.47 Å². The van der Waals surface area contributed by atoms with Crippen molar-refractivity contribution in [3.8, 4) is 0 Å². The molecule has 0 N–H and O–H groups in total. The molecule has 0 unspecified atom stereocenters. The monoisotopic (exact) mass is 356 g/mol. The van der Waals surface area contributed by atoms with E-state index < -0.39 is 0 Å². The minimum absolute atomic E-state index is 0.182. The zero-order valence-corrected chi connectivity index (χ0v) is 16.3. The van der Waals surface area contributed by atoms with Gasteiger partial charge >= 0.3 is 0 Å². The molecule has 0 radical (unpaired) electrons.